The summed E-state index contributed by atoms with van der Waals surface area (Å²) in [6, 6.07) is 0. The Morgan fingerprint density at radius 2 is 2.14 bits per heavy atom. The molecule has 0 aromatic heterocycles. The molecule has 0 aliphatic carbocycles. The molecule has 0 aromatic rings. The Kier molecular flexibility index (Phi) is 2.15. The van der Waals surface area contributed by atoms with Gasteiger partial charge >= 0.3 is 6.11 Å². The molecule has 0 aliphatic heterocycles. The third-order valence-corrected chi connectivity index (χ3v) is 0.623. The highest BCUT2D eigenvalue weighted by molar-refractivity contribution is 4.44. The summed E-state index contributed by atoms with van der Waals surface area (Å²) in [5.74, 6) is 0. The number of ether oxygens (including phenoxy) is 1. The monoisotopic (exact) mass is 109 g/mol. The van der Waals surface area contributed by atoms with Crippen LogP contribution < -0.4 is 0 Å². The predicted molar refractivity (Wildman–Crippen MR) is 21.7 cm³/mol. The van der Waals surface area contributed by atoms with Gasteiger partial charge in [-0.15, -0.1) is 0 Å². The van der Waals surface area contributed by atoms with E-state index in [-0.39, 0.29) is 6.42 Å². The third kappa shape index (κ3) is 2.51. The number of hydrogen-bond donors (Lipinski definition) is 0. The van der Waals surface area contributed by atoms with Gasteiger partial charge in [-0.1, -0.05) is 6.92 Å². The van der Waals surface area contributed by atoms with Crippen molar-refractivity contribution in [1.29, 1.82) is 0 Å². The molecular formula is C4H7F2O. The molecule has 0 fully saturated rings. The van der Waals surface area contributed by atoms with Crippen molar-refractivity contribution in [2.24, 2.45) is 0 Å². The maximum atomic E-state index is 11.6. The largest absolute Gasteiger partial charge is 0.355 e. The zero-order valence-electron chi connectivity index (χ0n) is 4.08. The van der Waals surface area contributed by atoms with E-state index in [4.69, 9.17) is 0 Å². The van der Waals surface area contributed by atoms with Gasteiger partial charge in [0, 0.05) is 6.42 Å². The van der Waals surface area contributed by atoms with E-state index in [2.05, 4.69) is 11.8 Å². The number of halogens is 2. The van der Waals surface area contributed by atoms with Gasteiger partial charge in [0.15, 0.2) is 0 Å². The smallest absolute Gasteiger partial charge is 0.318 e. The van der Waals surface area contributed by atoms with Crippen LogP contribution in [0.15, 0.2) is 0 Å². The predicted octanol–water partition coefficient (Wildman–Crippen LogP) is 1.80. The molecule has 43 valence electrons. The average Bonchev–Trinajstić information content (AvgIpc) is 1.68. The first-order valence-corrected chi connectivity index (χ1v) is 1.93. The lowest BCUT2D eigenvalue weighted by molar-refractivity contribution is -0.208. The zero-order valence-corrected chi connectivity index (χ0v) is 4.08. The van der Waals surface area contributed by atoms with Crippen LogP contribution in [0.4, 0.5) is 8.78 Å². The summed E-state index contributed by atoms with van der Waals surface area (Å²) in [5, 5.41) is 0. The summed E-state index contributed by atoms with van der Waals surface area (Å²) in [4.78, 5) is 0. The summed E-state index contributed by atoms with van der Waals surface area (Å²) >= 11 is 0. The number of alkyl halides is 2. The summed E-state index contributed by atoms with van der Waals surface area (Å²) < 4.78 is 26.7. The molecule has 0 unspecified atom stereocenters. The van der Waals surface area contributed by atoms with Crippen LogP contribution in [0, 0.1) is 7.11 Å². The van der Waals surface area contributed by atoms with Crippen LogP contribution in [-0.2, 0) is 4.74 Å². The second-order valence-corrected chi connectivity index (χ2v) is 1.14. The lowest BCUT2D eigenvalue weighted by Crippen LogP contribution is -2.14. The van der Waals surface area contributed by atoms with Gasteiger partial charge in [0.25, 0.3) is 0 Å². The van der Waals surface area contributed by atoms with Crippen LogP contribution in [0.25, 0.3) is 0 Å². The van der Waals surface area contributed by atoms with Crippen molar-refractivity contribution < 1.29 is 13.5 Å². The van der Waals surface area contributed by atoms with Gasteiger partial charge in [-0.2, -0.15) is 8.78 Å². The van der Waals surface area contributed by atoms with Crippen LogP contribution in [0.1, 0.15) is 13.3 Å². The molecule has 0 spiro atoms. The van der Waals surface area contributed by atoms with Crippen LogP contribution in [0.5, 0.6) is 0 Å². The van der Waals surface area contributed by atoms with E-state index in [9.17, 15) is 8.78 Å². The maximum absolute atomic E-state index is 11.6. The summed E-state index contributed by atoms with van der Waals surface area (Å²) in [6.07, 6.45) is -3.35. The molecule has 0 saturated carbocycles. The first kappa shape index (κ1) is 6.82. The third-order valence-electron chi connectivity index (χ3n) is 0.623. The molecule has 7 heavy (non-hydrogen) atoms. The first-order chi connectivity index (χ1) is 3.12. The van der Waals surface area contributed by atoms with E-state index in [0.29, 0.717) is 0 Å². The molecule has 0 rings (SSSR count). The fraction of sp³-hybridized carbons (Fsp3) is 0.750. The lowest BCUT2D eigenvalue weighted by Gasteiger charge is -2.08. The number of rotatable bonds is 2. The second-order valence-electron chi connectivity index (χ2n) is 1.14. The van der Waals surface area contributed by atoms with Crippen molar-refractivity contribution in [3.63, 3.8) is 0 Å². The SMILES string of the molecule is [CH2]OC(F)(F)CC. The Hall–Kier alpha value is -0.180. The van der Waals surface area contributed by atoms with Gasteiger partial charge in [0.05, 0.1) is 7.11 Å². The van der Waals surface area contributed by atoms with Crippen LogP contribution in [0.3, 0.4) is 0 Å². The minimum atomic E-state index is -3.03. The van der Waals surface area contributed by atoms with Gasteiger partial charge < -0.3 is 4.74 Å². The molecule has 0 atom stereocenters. The van der Waals surface area contributed by atoms with E-state index in [0.717, 1.165) is 0 Å². The topological polar surface area (TPSA) is 9.23 Å². The summed E-state index contributed by atoms with van der Waals surface area (Å²) in [5.41, 5.74) is 0. The highest BCUT2D eigenvalue weighted by Crippen LogP contribution is 2.17. The van der Waals surface area contributed by atoms with Crippen molar-refractivity contribution in [2.75, 3.05) is 0 Å². The number of hydrogen-bond acceptors (Lipinski definition) is 1. The van der Waals surface area contributed by atoms with Crippen molar-refractivity contribution in [1.82, 2.24) is 0 Å². The normalized spacial score (nSPS) is 12.0. The quantitative estimate of drug-likeness (QED) is 0.525. The summed E-state index contributed by atoms with van der Waals surface area (Å²) in [7, 11) is 2.58. The fourth-order valence-corrected chi connectivity index (χ4v) is 0.102. The Bertz CT molecular complexity index is 47.7. The van der Waals surface area contributed by atoms with Crippen LogP contribution >= 0.6 is 0 Å². The van der Waals surface area contributed by atoms with Gasteiger partial charge in [0.2, 0.25) is 0 Å². The molecule has 0 bridgehead atoms. The molecule has 3 heteroatoms. The van der Waals surface area contributed by atoms with Crippen molar-refractivity contribution in [2.45, 2.75) is 19.5 Å². The van der Waals surface area contributed by atoms with Gasteiger partial charge in [-0.05, 0) is 0 Å². The van der Waals surface area contributed by atoms with E-state index in [1.807, 2.05) is 0 Å². The average molecular weight is 109 g/mol. The standard InChI is InChI=1S/C4H7F2O/c1-3-4(5,6)7-2/h2-3H2,1H3. The highest BCUT2D eigenvalue weighted by Gasteiger charge is 2.24. The Labute approximate surface area is 41.3 Å². The summed E-state index contributed by atoms with van der Waals surface area (Å²) in [6.45, 7) is 1.32. The highest BCUT2D eigenvalue weighted by atomic mass is 19.3. The molecule has 0 aromatic carbocycles. The van der Waals surface area contributed by atoms with Crippen molar-refractivity contribution in [3.05, 3.63) is 7.11 Å². The van der Waals surface area contributed by atoms with Gasteiger partial charge in [0.1, 0.15) is 0 Å². The van der Waals surface area contributed by atoms with Gasteiger partial charge in [-0.25, -0.2) is 0 Å². The van der Waals surface area contributed by atoms with E-state index in [1.165, 1.54) is 6.92 Å². The fourth-order valence-electron chi connectivity index (χ4n) is 0.102. The molecule has 0 amide bonds. The molecule has 0 saturated heterocycles. The molecule has 1 radical (unpaired) electrons. The first-order valence-electron chi connectivity index (χ1n) is 1.93. The molecule has 0 N–H and O–H groups in total. The van der Waals surface area contributed by atoms with Crippen LogP contribution in [-0.4, -0.2) is 6.11 Å². The van der Waals surface area contributed by atoms with Crippen LogP contribution in [0.2, 0.25) is 0 Å². The maximum Gasteiger partial charge on any atom is 0.355 e. The molecule has 1 nitrogen and oxygen atoms in total. The minimum absolute atomic E-state index is 0.323. The van der Waals surface area contributed by atoms with E-state index < -0.39 is 6.11 Å². The van der Waals surface area contributed by atoms with E-state index >= 15 is 0 Å². The molecular weight excluding hydrogens is 102 g/mol. The lowest BCUT2D eigenvalue weighted by atomic mass is 10.5. The molecule has 0 aliphatic rings. The second kappa shape index (κ2) is 2.21. The van der Waals surface area contributed by atoms with Gasteiger partial charge in [-0.3, -0.25) is 0 Å². The van der Waals surface area contributed by atoms with E-state index in [1.54, 1.807) is 0 Å². The Morgan fingerprint density at radius 3 is 2.14 bits per heavy atom. The minimum Gasteiger partial charge on any atom is -0.318 e. The Morgan fingerprint density at radius 1 is 1.71 bits per heavy atom. The van der Waals surface area contributed by atoms with Crippen molar-refractivity contribution >= 4 is 0 Å². The van der Waals surface area contributed by atoms with Crippen molar-refractivity contribution in [3.8, 4) is 0 Å². The molecule has 0 heterocycles. The zero-order chi connectivity index (χ0) is 5.91. The Balaban J connectivity index is 3.36.